The third-order valence-corrected chi connectivity index (χ3v) is 2.67. The van der Waals surface area contributed by atoms with Gasteiger partial charge in [-0.2, -0.15) is 5.10 Å². The molecule has 2 aromatic heterocycles. The molecule has 0 saturated heterocycles. The molecule has 6 heteroatoms. The second-order valence-corrected chi connectivity index (χ2v) is 5.99. The zero-order valence-corrected chi connectivity index (χ0v) is 12.3. The monoisotopic (exact) mass is 309 g/mol. The predicted octanol–water partition coefficient (Wildman–Crippen LogP) is 2.31. The average molecular weight is 310 g/mol. The van der Waals surface area contributed by atoms with Crippen LogP contribution in [0.15, 0.2) is 29.3 Å². The third kappa shape index (κ3) is 3.61. The maximum atomic E-state index is 4.51. The maximum Gasteiger partial charge on any atom is 0.172 e. The fourth-order valence-corrected chi connectivity index (χ4v) is 1.66. The van der Waals surface area contributed by atoms with Crippen LogP contribution in [0.25, 0.3) is 5.82 Å². The topological polar surface area (TPSA) is 55.6 Å². The van der Waals surface area contributed by atoms with E-state index >= 15 is 0 Å². The summed E-state index contributed by atoms with van der Waals surface area (Å²) in [5.74, 6) is 0.717. The van der Waals surface area contributed by atoms with Gasteiger partial charge < -0.3 is 5.32 Å². The van der Waals surface area contributed by atoms with Gasteiger partial charge in [0.05, 0.1) is 22.6 Å². The molecule has 5 nitrogen and oxygen atoms in total. The molecule has 2 heterocycles. The highest BCUT2D eigenvalue weighted by atomic mass is 79.9. The number of hydrogen-bond donors (Lipinski definition) is 1. The van der Waals surface area contributed by atoms with Gasteiger partial charge in [-0.05, 0) is 36.7 Å². The van der Waals surface area contributed by atoms with E-state index in [0.29, 0.717) is 12.4 Å². The van der Waals surface area contributed by atoms with E-state index < -0.39 is 0 Å². The maximum absolute atomic E-state index is 4.51. The van der Waals surface area contributed by atoms with Crippen LogP contribution in [0, 0.1) is 0 Å². The molecule has 0 aromatic carbocycles. The zero-order chi connectivity index (χ0) is 13.2. The first kappa shape index (κ1) is 13.2. The van der Waals surface area contributed by atoms with Gasteiger partial charge in [-0.25, -0.2) is 9.67 Å². The molecule has 0 radical (unpaired) electrons. The van der Waals surface area contributed by atoms with E-state index in [2.05, 4.69) is 57.1 Å². The van der Waals surface area contributed by atoms with Crippen LogP contribution >= 0.6 is 15.9 Å². The molecule has 0 aliphatic rings. The molecule has 18 heavy (non-hydrogen) atoms. The first-order valence-electron chi connectivity index (χ1n) is 5.70. The fraction of sp³-hybridized carbons (Fsp3) is 0.417. The molecule has 0 spiro atoms. The normalized spacial score (nSPS) is 11.8. The van der Waals surface area contributed by atoms with Crippen molar-refractivity contribution in [1.29, 1.82) is 0 Å². The lowest BCUT2D eigenvalue weighted by Crippen LogP contribution is -2.35. The van der Waals surface area contributed by atoms with Gasteiger partial charge in [-0.3, -0.25) is 4.98 Å². The number of halogens is 1. The number of aromatic nitrogens is 4. The summed E-state index contributed by atoms with van der Waals surface area (Å²) in [6.45, 7) is 7.05. The van der Waals surface area contributed by atoms with Crippen LogP contribution in [0.2, 0.25) is 0 Å². The smallest absolute Gasteiger partial charge is 0.172 e. The Morgan fingerprint density at radius 1 is 1.28 bits per heavy atom. The van der Waals surface area contributed by atoms with Gasteiger partial charge in [0.2, 0.25) is 0 Å². The quantitative estimate of drug-likeness (QED) is 0.945. The summed E-state index contributed by atoms with van der Waals surface area (Å²) in [5, 5.41) is 7.56. The molecule has 2 rings (SSSR count). The SMILES string of the molecule is CC(C)(C)NCc1cncc(-n2cc(Br)cn2)n1. The van der Waals surface area contributed by atoms with Crippen LogP contribution in [0.1, 0.15) is 26.5 Å². The Labute approximate surface area is 115 Å². The summed E-state index contributed by atoms with van der Waals surface area (Å²) < 4.78 is 2.61. The van der Waals surface area contributed by atoms with E-state index in [4.69, 9.17) is 0 Å². The predicted molar refractivity (Wildman–Crippen MR) is 73.4 cm³/mol. The third-order valence-electron chi connectivity index (χ3n) is 2.26. The number of rotatable bonds is 3. The standard InChI is InChI=1S/C12H16BrN5/c1-12(2,3)15-6-10-5-14-7-11(17-10)18-8-9(13)4-16-18/h4-5,7-8,15H,6H2,1-3H3. The summed E-state index contributed by atoms with van der Waals surface area (Å²) in [5.41, 5.74) is 0.959. The van der Waals surface area contributed by atoms with E-state index in [0.717, 1.165) is 10.2 Å². The van der Waals surface area contributed by atoms with Crippen LogP contribution in [0.4, 0.5) is 0 Å². The van der Waals surface area contributed by atoms with Crippen LogP contribution in [-0.2, 0) is 6.54 Å². The van der Waals surface area contributed by atoms with Crippen molar-refractivity contribution in [3.8, 4) is 5.82 Å². The highest BCUT2D eigenvalue weighted by molar-refractivity contribution is 9.10. The van der Waals surface area contributed by atoms with E-state index in [1.165, 1.54) is 0 Å². The van der Waals surface area contributed by atoms with Crippen LogP contribution in [0.3, 0.4) is 0 Å². The highest BCUT2D eigenvalue weighted by Crippen LogP contribution is 2.10. The Morgan fingerprint density at radius 3 is 2.67 bits per heavy atom. The summed E-state index contributed by atoms with van der Waals surface area (Å²) in [4.78, 5) is 8.71. The molecule has 0 bridgehead atoms. The Kier molecular flexibility index (Phi) is 3.77. The Balaban J connectivity index is 2.15. The first-order chi connectivity index (χ1) is 8.44. The van der Waals surface area contributed by atoms with Crippen molar-refractivity contribution in [3.05, 3.63) is 35.0 Å². The molecule has 0 aliphatic carbocycles. The van der Waals surface area contributed by atoms with E-state index in [1.54, 1.807) is 23.3 Å². The highest BCUT2D eigenvalue weighted by Gasteiger charge is 2.09. The molecule has 0 fully saturated rings. The minimum Gasteiger partial charge on any atom is -0.306 e. The average Bonchev–Trinajstić information content (AvgIpc) is 2.73. The second-order valence-electron chi connectivity index (χ2n) is 5.08. The van der Waals surface area contributed by atoms with Crippen molar-refractivity contribution in [1.82, 2.24) is 25.1 Å². The van der Waals surface area contributed by atoms with Crippen LogP contribution < -0.4 is 5.32 Å². The van der Waals surface area contributed by atoms with Crippen LogP contribution in [-0.4, -0.2) is 25.3 Å². The summed E-state index contributed by atoms with van der Waals surface area (Å²) in [6, 6.07) is 0. The molecule has 2 aromatic rings. The molecule has 0 aliphatic heterocycles. The van der Waals surface area contributed by atoms with Gasteiger partial charge in [0, 0.05) is 24.5 Å². The molecular formula is C12H16BrN5. The molecular weight excluding hydrogens is 294 g/mol. The lowest BCUT2D eigenvalue weighted by molar-refractivity contribution is 0.420. The van der Waals surface area contributed by atoms with Crippen molar-refractivity contribution >= 4 is 15.9 Å². The molecule has 0 atom stereocenters. The van der Waals surface area contributed by atoms with Gasteiger partial charge in [0.1, 0.15) is 0 Å². The van der Waals surface area contributed by atoms with E-state index in [1.807, 2.05) is 6.20 Å². The van der Waals surface area contributed by atoms with Gasteiger partial charge in [-0.15, -0.1) is 0 Å². The second kappa shape index (κ2) is 5.16. The van der Waals surface area contributed by atoms with Crippen molar-refractivity contribution in [3.63, 3.8) is 0 Å². The van der Waals surface area contributed by atoms with Gasteiger partial charge in [-0.1, -0.05) is 0 Å². The van der Waals surface area contributed by atoms with Crippen molar-refractivity contribution < 1.29 is 0 Å². The molecule has 0 saturated carbocycles. The number of nitrogens with zero attached hydrogens (tertiary/aromatic N) is 4. The molecule has 96 valence electrons. The lowest BCUT2D eigenvalue weighted by Gasteiger charge is -2.20. The molecule has 0 unspecified atom stereocenters. The fourth-order valence-electron chi connectivity index (χ4n) is 1.37. The zero-order valence-electron chi connectivity index (χ0n) is 10.7. The Morgan fingerprint density at radius 2 is 2.06 bits per heavy atom. The first-order valence-corrected chi connectivity index (χ1v) is 6.50. The summed E-state index contributed by atoms with van der Waals surface area (Å²) >= 11 is 3.36. The number of nitrogens with one attached hydrogen (secondary N) is 1. The minimum absolute atomic E-state index is 0.0619. The van der Waals surface area contributed by atoms with Crippen molar-refractivity contribution in [2.45, 2.75) is 32.9 Å². The Hall–Kier alpha value is -1.27. The van der Waals surface area contributed by atoms with Crippen molar-refractivity contribution in [2.24, 2.45) is 0 Å². The minimum atomic E-state index is 0.0619. The van der Waals surface area contributed by atoms with Crippen LogP contribution in [0.5, 0.6) is 0 Å². The molecule has 1 N–H and O–H groups in total. The number of hydrogen-bond acceptors (Lipinski definition) is 4. The Bertz CT molecular complexity index is 529. The van der Waals surface area contributed by atoms with Crippen molar-refractivity contribution in [2.75, 3.05) is 0 Å². The lowest BCUT2D eigenvalue weighted by atomic mass is 10.1. The largest absolute Gasteiger partial charge is 0.306 e. The summed E-state index contributed by atoms with van der Waals surface area (Å²) in [6.07, 6.45) is 7.04. The van der Waals surface area contributed by atoms with E-state index in [9.17, 15) is 0 Å². The van der Waals surface area contributed by atoms with Gasteiger partial charge in [0.25, 0.3) is 0 Å². The van der Waals surface area contributed by atoms with Gasteiger partial charge in [0.15, 0.2) is 5.82 Å². The van der Waals surface area contributed by atoms with E-state index in [-0.39, 0.29) is 5.54 Å². The van der Waals surface area contributed by atoms with Gasteiger partial charge >= 0.3 is 0 Å². The molecule has 0 amide bonds. The summed E-state index contributed by atoms with van der Waals surface area (Å²) in [7, 11) is 0.